The summed E-state index contributed by atoms with van der Waals surface area (Å²) in [5, 5.41) is 0. The maximum absolute atomic E-state index is 4.14. The minimum atomic E-state index is 0.828. The van der Waals surface area contributed by atoms with Crippen LogP contribution in [-0.4, -0.2) is 19.1 Å². The van der Waals surface area contributed by atoms with Crippen LogP contribution in [0.5, 0.6) is 0 Å². The fraction of sp³-hybridized carbons (Fsp3) is 0.143. The number of hydrogen-bond donors (Lipinski definition) is 0. The van der Waals surface area contributed by atoms with Gasteiger partial charge in [0.15, 0.2) is 11.3 Å². The van der Waals surface area contributed by atoms with Crippen molar-refractivity contribution in [2.45, 2.75) is 6.54 Å². The summed E-state index contributed by atoms with van der Waals surface area (Å²) in [6.45, 7) is 0.905. The van der Waals surface area contributed by atoms with Crippen molar-refractivity contribution in [3.63, 3.8) is 0 Å². The monoisotopic (exact) mass is 146 g/mol. The zero-order chi connectivity index (χ0) is 7.26. The Morgan fingerprint density at radius 2 is 2.18 bits per heavy atom. The Bertz CT molecular complexity index is 434. The van der Waals surface area contributed by atoms with Gasteiger partial charge < -0.3 is 4.57 Å². The lowest BCUT2D eigenvalue weighted by atomic mass is 10.5. The van der Waals surface area contributed by atoms with Gasteiger partial charge in [-0.2, -0.15) is 0 Å². The summed E-state index contributed by atoms with van der Waals surface area (Å²) in [5.74, 6) is 0. The van der Waals surface area contributed by atoms with Gasteiger partial charge in [0.1, 0.15) is 6.33 Å². The number of imidazole rings is 2. The lowest BCUT2D eigenvalue weighted by molar-refractivity contribution is 0.809. The van der Waals surface area contributed by atoms with Crippen LogP contribution in [0.4, 0.5) is 0 Å². The predicted octanol–water partition coefficient (Wildman–Crippen LogP) is 0.717. The fourth-order valence-corrected chi connectivity index (χ4v) is 1.41. The molecule has 0 fully saturated rings. The number of rotatable bonds is 0. The van der Waals surface area contributed by atoms with Gasteiger partial charge in [0.25, 0.3) is 0 Å². The first-order chi connectivity index (χ1) is 5.45. The Kier molecular flexibility index (Phi) is 0.711. The molecule has 0 aliphatic carbocycles. The van der Waals surface area contributed by atoms with Crippen LogP contribution in [0, 0.1) is 0 Å². The molecule has 4 nitrogen and oxygen atoms in total. The first-order valence-corrected chi connectivity index (χ1v) is 3.49. The molecular weight excluding hydrogens is 140 g/mol. The van der Waals surface area contributed by atoms with Crippen LogP contribution < -0.4 is 0 Å². The third-order valence-corrected chi connectivity index (χ3v) is 1.91. The molecule has 0 saturated carbocycles. The van der Waals surface area contributed by atoms with Crippen molar-refractivity contribution in [1.29, 1.82) is 0 Å². The van der Waals surface area contributed by atoms with Crippen molar-refractivity contribution in [2.75, 3.05) is 0 Å². The molecule has 0 radical (unpaired) electrons. The molecule has 3 rings (SSSR count). The first-order valence-electron chi connectivity index (χ1n) is 3.49. The van der Waals surface area contributed by atoms with Crippen LogP contribution in [0.25, 0.3) is 17.5 Å². The molecule has 54 valence electrons. The minimum Gasteiger partial charge on any atom is -0.311 e. The summed E-state index contributed by atoms with van der Waals surface area (Å²) in [4.78, 5) is 8.27. The van der Waals surface area contributed by atoms with Crippen LogP contribution in [-0.2, 0) is 6.54 Å². The summed E-state index contributed by atoms with van der Waals surface area (Å²) < 4.78 is 4.05. The quantitative estimate of drug-likeness (QED) is 0.549. The number of nitrogens with zero attached hydrogens (tertiary/aromatic N) is 4. The Hall–Kier alpha value is -1.58. The Labute approximate surface area is 62.8 Å². The summed E-state index contributed by atoms with van der Waals surface area (Å²) in [5.41, 5.74) is 1.92. The summed E-state index contributed by atoms with van der Waals surface area (Å²) in [6, 6.07) is 0. The Morgan fingerprint density at radius 3 is 3.18 bits per heavy atom. The second kappa shape index (κ2) is 1.53. The largest absolute Gasteiger partial charge is 0.311 e. The highest BCUT2D eigenvalue weighted by Gasteiger charge is 2.09. The van der Waals surface area contributed by atoms with E-state index in [9.17, 15) is 0 Å². The highest BCUT2D eigenvalue weighted by Crippen LogP contribution is 2.14. The lowest BCUT2D eigenvalue weighted by Crippen LogP contribution is -2.01. The zero-order valence-electron chi connectivity index (χ0n) is 5.81. The van der Waals surface area contributed by atoms with Crippen LogP contribution in [0.15, 0.2) is 18.7 Å². The normalized spacial score (nSPS) is 14.5. The van der Waals surface area contributed by atoms with Gasteiger partial charge in [-0.25, -0.2) is 9.97 Å². The number of hydrogen-bond acceptors (Lipinski definition) is 2. The van der Waals surface area contributed by atoms with Crippen molar-refractivity contribution in [1.82, 2.24) is 19.1 Å². The molecule has 0 saturated heterocycles. The smallest absolute Gasteiger partial charge is 0.197 e. The van der Waals surface area contributed by atoms with E-state index in [-0.39, 0.29) is 0 Å². The molecule has 3 heterocycles. The molecule has 4 heteroatoms. The second-order valence-corrected chi connectivity index (χ2v) is 2.58. The molecule has 2 aromatic heterocycles. The van der Waals surface area contributed by atoms with Crippen molar-refractivity contribution < 1.29 is 0 Å². The van der Waals surface area contributed by atoms with Crippen LogP contribution in [0.3, 0.4) is 0 Å². The predicted molar refractivity (Wildman–Crippen MR) is 40.8 cm³/mol. The summed E-state index contributed by atoms with van der Waals surface area (Å²) >= 11 is 0. The van der Waals surface area contributed by atoms with E-state index < -0.39 is 0 Å². The first kappa shape index (κ1) is 5.12. The van der Waals surface area contributed by atoms with Gasteiger partial charge in [-0.1, -0.05) is 0 Å². The van der Waals surface area contributed by atoms with Crippen LogP contribution >= 0.6 is 0 Å². The van der Waals surface area contributed by atoms with Crippen molar-refractivity contribution in [2.24, 2.45) is 0 Å². The van der Waals surface area contributed by atoms with Gasteiger partial charge in [0.2, 0.25) is 0 Å². The third-order valence-electron chi connectivity index (χ3n) is 1.91. The molecule has 0 aromatic carbocycles. The SMILES string of the molecule is C1=Cn2cnc3ncn(c32)C1. The van der Waals surface area contributed by atoms with Gasteiger partial charge in [0, 0.05) is 12.7 Å². The topological polar surface area (TPSA) is 35.6 Å². The summed E-state index contributed by atoms with van der Waals surface area (Å²) in [6.07, 6.45) is 7.69. The molecule has 0 spiro atoms. The van der Waals surface area contributed by atoms with Crippen molar-refractivity contribution in [3.8, 4) is 0 Å². The van der Waals surface area contributed by atoms with Gasteiger partial charge in [-0.3, -0.25) is 4.57 Å². The molecule has 11 heavy (non-hydrogen) atoms. The average molecular weight is 146 g/mol. The van der Waals surface area contributed by atoms with Crippen molar-refractivity contribution in [3.05, 3.63) is 18.7 Å². The standard InChI is InChI=1S/C7H6N4/c1-2-10-4-8-6-7(10)11(3-1)5-9-6/h1-2,4-5H,3H2. The lowest BCUT2D eigenvalue weighted by Gasteiger charge is -2.05. The molecule has 0 N–H and O–H groups in total. The fourth-order valence-electron chi connectivity index (χ4n) is 1.41. The second-order valence-electron chi connectivity index (χ2n) is 2.58. The molecular formula is C7H6N4. The van der Waals surface area contributed by atoms with Gasteiger partial charge >= 0.3 is 0 Å². The zero-order valence-corrected chi connectivity index (χ0v) is 5.81. The number of allylic oxidation sites excluding steroid dienone is 1. The minimum absolute atomic E-state index is 0.828. The van der Waals surface area contributed by atoms with E-state index in [0.717, 1.165) is 17.8 Å². The maximum atomic E-state index is 4.14. The van der Waals surface area contributed by atoms with E-state index in [2.05, 4.69) is 20.6 Å². The van der Waals surface area contributed by atoms with Crippen LogP contribution in [0.2, 0.25) is 0 Å². The van der Waals surface area contributed by atoms with Gasteiger partial charge in [-0.15, -0.1) is 0 Å². The maximum Gasteiger partial charge on any atom is 0.197 e. The van der Waals surface area contributed by atoms with E-state index >= 15 is 0 Å². The third kappa shape index (κ3) is 0.497. The highest BCUT2D eigenvalue weighted by atomic mass is 15.2. The van der Waals surface area contributed by atoms with E-state index in [1.165, 1.54) is 0 Å². The van der Waals surface area contributed by atoms with Gasteiger partial charge in [0.05, 0.1) is 6.33 Å². The molecule has 1 aliphatic heterocycles. The Morgan fingerprint density at radius 1 is 1.27 bits per heavy atom. The summed E-state index contributed by atoms with van der Waals surface area (Å²) in [7, 11) is 0. The molecule has 1 aliphatic rings. The van der Waals surface area contributed by atoms with Gasteiger partial charge in [-0.05, 0) is 6.08 Å². The molecule has 0 atom stereocenters. The van der Waals surface area contributed by atoms with Crippen LogP contribution in [0.1, 0.15) is 0 Å². The van der Waals surface area contributed by atoms with E-state index in [1.54, 1.807) is 6.33 Å². The van der Waals surface area contributed by atoms with E-state index in [4.69, 9.17) is 0 Å². The average Bonchev–Trinajstić information content (AvgIpc) is 2.60. The van der Waals surface area contributed by atoms with E-state index in [1.807, 2.05) is 17.1 Å². The molecule has 0 amide bonds. The molecule has 2 aromatic rings. The number of aromatic nitrogens is 4. The highest BCUT2D eigenvalue weighted by molar-refractivity contribution is 5.70. The molecule has 0 unspecified atom stereocenters. The van der Waals surface area contributed by atoms with E-state index in [0.29, 0.717) is 0 Å². The molecule has 0 bridgehead atoms. The Balaban J connectivity index is 2.59. The van der Waals surface area contributed by atoms with Crippen molar-refractivity contribution >= 4 is 17.5 Å².